The van der Waals surface area contributed by atoms with Gasteiger partial charge in [-0.05, 0) is 67.6 Å². The summed E-state index contributed by atoms with van der Waals surface area (Å²) in [6.45, 7) is 1.39. The van der Waals surface area contributed by atoms with Crippen molar-refractivity contribution in [2.75, 3.05) is 5.32 Å². The van der Waals surface area contributed by atoms with Crippen molar-refractivity contribution in [3.63, 3.8) is 0 Å². The lowest BCUT2D eigenvalue weighted by atomic mass is 9.86. The van der Waals surface area contributed by atoms with Crippen LogP contribution in [0.1, 0.15) is 91.7 Å². The maximum atomic E-state index is 13.4. The van der Waals surface area contributed by atoms with Crippen LogP contribution in [0.3, 0.4) is 0 Å². The van der Waals surface area contributed by atoms with Crippen LogP contribution in [0.25, 0.3) is 0 Å². The van der Waals surface area contributed by atoms with E-state index in [-0.39, 0.29) is 46.1 Å². The number of benzene rings is 1. The Kier molecular flexibility index (Phi) is 6.29. The molecular weight excluding hydrogens is 466 g/mol. The molecule has 1 heterocycles. The van der Waals surface area contributed by atoms with Crippen LogP contribution in [0.5, 0.6) is 0 Å². The van der Waals surface area contributed by atoms with Gasteiger partial charge in [-0.3, -0.25) is 14.4 Å². The minimum Gasteiger partial charge on any atom is -0.309 e. The van der Waals surface area contributed by atoms with Crippen molar-refractivity contribution in [2.45, 2.75) is 80.3 Å². The van der Waals surface area contributed by atoms with Gasteiger partial charge in [0.2, 0.25) is 5.91 Å². The van der Waals surface area contributed by atoms with E-state index in [1.807, 2.05) is 6.07 Å². The van der Waals surface area contributed by atoms with Gasteiger partial charge in [-0.25, -0.2) is 18.4 Å². The summed E-state index contributed by atoms with van der Waals surface area (Å²) in [5.41, 5.74) is 1.79. The van der Waals surface area contributed by atoms with E-state index in [2.05, 4.69) is 15.3 Å². The number of rotatable bonds is 9. The van der Waals surface area contributed by atoms with E-state index in [0.717, 1.165) is 30.4 Å². The predicted octanol–water partition coefficient (Wildman–Crippen LogP) is 3.97. The molecule has 1 aromatic heterocycles. The highest BCUT2D eigenvalue weighted by molar-refractivity contribution is 7.92. The summed E-state index contributed by atoms with van der Waals surface area (Å²) < 4.78 is 26.1. The summed E-state index contributed by atoms with van der Waals surface area (Å²) in [7, 11) is -3.34. The predicted molar refractivity (Wildman–Crippen MR) is 129 cm³/mol. The highest BCUT2D eigenvalue weighted by Crippen LogP contribution is 2.47. The van der Waals surface area contributed by atoms with Crippen molar-refractivity contribution >= 4 is 33.1 Å². The molecule has 3 aliphatic carbocycles. The zero-order valence-corrected chi connectivity index (χ0v) is 20.5. The molecular formula is C26H29N3O5S. The molecule has 35 heavy (non-hydrogen) atoms. The Balaban J connectivity index is 1.45. The molecule has 3 saturated carbocycles. The van der Waals surface area contributed by atoms with Gasteiger partial charge in [0.25, 0.3) is 0 Å². The van der Waals surface area contributed by atoms with Gasteiger partial charge in [0.05, 0.1) is 28.5 Å². The number of amides is 1. The van der Waals surface area contributed by atoms with Gasteiger partial charge in [0.15, 0.2) is 21.4 Å². The first-order valence-electron chi connectivity index (χ1n) is 12.3. The number of anilines is 1. The molecule has 2 aromatic rings. The number of aromatic nitrogens is 2. The van der Waals surface area contributed by atoms with Gasteiger partial charge >= 0.3 is 0 Å². The summed E-state index contributed by atoms with van der Waals surface area (Å²) in [5, 5.41) is 2.52. The summed E-state index contributed by atoms with van der Waals surface area (Å²) in [5.74, 6) is -0.298. The van der Waals surface area contributed by atoms with Gasteiger partial charge < -0.3 is 5.32 Å². The summed E-state index contributed by atoms with van der Waals surface area (Å²) in [6.07, 6.45) is 8.22. The third kappa shape index (κ3) is 5.19. The average Bonchev–Trinajstić information content (AvgIpc) is 3.75. The Bertz CT molecular complexity index is 1280. The van der Waals surface area contributed by atoms with E-state index in [4.69, 9.17) is 0 Å². The van der Waals surface area contributed by atoms with E-state index in [9.17, 15) is 22.8 Å². The number of ketones is 2. The van der Waals surface area contributed by atoms with Crippen LogP contribution >= 0.6 is 0 Å². The van der Waals surface area contributed by atoms with Crippen LogP contribution in [0.4, 0.5) is 5.82 Å². The third-order valence-corrected chi connectivity index (χ3v) is 9.55. The van der Waals surface area contributed by atoms with Crippen LogP contribution in [0.2, 0.25) is 0 Å². The fraction of sp³-hybridized carbons (Fsp3) is 0.500. The van der Waals surface area contributed by atoms with Crippen LogP contribution < -0.4 is 5.32 Å². The number of hydrogen-bond donors (Lipinski definition) is 1. The van der Waals surface area contributed by atoms with Gasteiger partial charge in [-0.1, -0.05) is 12.1 Å². The third-order valence-electron chi connectivity index (χ3n) is 7.22. The maximum absolute atomic E-state index is 13.4. The largest absolute Gasteiger partial charge is 0.309 e. The van der Waals surface area contributed by atoms with Gasteiger partial charge in [0, 0.05) is 19.8 Å². The van der Waals surface area contributed by atoms with Crippen molar-refractivity contribution < 1.29 is 22.8 Å². The lowest BCUT2D eigenvalue weighted by Gasteiger charge is -2.22. The Hall–Kier alpha value is -2.94. The van der Waals surface area contributed by atoms with Crippen molar-refractivity contribution in [3.8, 4) is 0 Å². The molecule has 0 bridgehead atoms. The van der Waals surface area contributed by atoms with Crippen LogP contribution in [0.15, 0.2) is 35.5 Å². The van der Waals surface area contributed by atoms with Crippen LogP contribution in [-0.2, 0) is 19.4 Å². The number of hydrogen-bond acceptors (Lipinski definition) is 7. The van der Waals surface area contributed by atoms with E-state index < -0.39 is 15.8 Å². The first-order valence-corrected chi connectivity index (χ1v) is 13.8. The molecule has 3 fully saturated rings. The minimum absolute atomic E-state index is 0.101. The molecule has 1 N–H and O–H groups in total. The smallest absolute Gasteiger partial charge is 0.233 e. The number of nitrogens with one attached hydrogen (secondary N) is 1. The van der Waals surface area contributed by atoms with E-state index >= 15 is 0 Å². The molecule has 1 amide bonds. The number of carbonyl (C=O) groups is 3. The van der Waals surface area contributed by atoms with E-state index in [0.29, 0.717) is 37.0 Å². The number of carbonyl (C=O) groups excluding carboxylic acids is 3. The zero-order valence-electron chi connectivity index (χ0n) is 19.7. The normalized spacial score (nSPS) is 21.1. The fourth-order valence-corrected chi connectivity index (χ4v) is 6.85. The molecule has 0 saturated heterocycles. The van der Waals surface area contributed by atoms with E-state index in [1.54, 1.807) is 12.1 Å². The van der Waals surface area contributed by atoms with Gasteiger partial charge in [0.1, 0.15) is 11.5 Å². The number of sulfone groups is 1. The van der Waals surface area contributed by atoms with Crippen molar-refractivity contribution in [3.05, 3.63) is 47.4 Å². The monoisotopic (exact) mass is 495 g/mol. The highest BCUT2D eigenvalue weighted by Gasteiger charge is 2.41. The SMILES string of the molecule is CC(=O)c1cnc(NC(=O)C(C[C@H]2CCC(=O)C2)c2ccc(S(=O)(=O)C3CC3)c(C3CC3)c2)cn1. The first-order chi connectivity index (χ1) is 16.7. The lowest BCUT2D eigenvalue weighted by Crippen LogP contribution is -2.24. The Morgan fingerprint density at radius 3 is 2.43 bits per heavy atom. The average molecular weight is 496 g/mol. The number of Topliss-reactive ketones (excluding diaryl/α,β-unsaturated/α-hetero) is 2. The van der Waals surface area contributed by atoms with Crippen molar-refractivity contribution in [2.24, 2.45) is 5.92 Å². The summed E-state index contributed by atoms with van der Waals surface area (Å²) >= 11 is 0. The quantitative estimate of drug-likeness (QED) is 0.522. The number of nitrogens with zero attached hydrogens (tertiary/aromatic N) is 2. The second kappa shape index (κ2) is 9.26. The second-order valence-electron chi connectivity index (χ2n) is 10.1. The zero-order chi connectivity index (χ0) is 24.7. The molecule has 5 rings (SSSR count). The van der Waals surface area contributed by atoms with Gasteiger partial charge in [-0.2, -0.15) is 0 Å². The lowest BCUT2D eigenvalue weighted by molar-refractivity contribution is -0.119. The molecule has 9 heteroatoms. The van der Waals surface area contributed by atoms with Gasteiger partial charge in [-0.15, -0.1) is 0 Å². The second-order valence-corrected chi connectivity index (χ2v) is 12.3. The topological polar surface area (TPSA) is 123 Å². The first kappa shape index (κ1) is 23.8. The summed E-state index contributed by atoms with van der Waals surface area (Å²) in [4.78, 5) is 45.4. The Labute approximate surface area is 204 Å². The molecule has 0 radical (unpaired) electrons. The highest BCUT2D eigenvalue weighted by atomic mass is 32.2. The maximum Gasteiger partial charge on any atom is 0.233 e. The molecule has 2 atom stereocenters. The minimum atomic E-state index is -3.34. The van der Waals surface area contributed by atoms with E-state index in [1.165, 1.54) is 19.3 Å². The molecule has 8 nitrogen and oxygen atoms in total. The Morgan fingerprint density at radius 2 is 1.86 bits per heavy atom. The van der Waals surface area contributed by atoms with Crippen molar-refractivity contribution in [1.82, 2.24) is 9.97 Å². The molecule has 184 valence electrons. The fourth-order valence-electron chi connectivity index (χ4n) is 4.92. The molecule has 1 unspecified atom stereocenters. The molecule has 0 spiro atoms. The Morgan fingerprint density at radius 1 is 1.09 bits per heavy atom. The van der Waals surface area contributed by atoms with Crippen molar-refractivity contribution in [1.29, 1.82) is 0 Å². The van der Waals surface area contributed by atoms with Crippen LogP contribution in [-0.4, -0.2) is 41.1 Å². The summed E-state index contributed by atoms with van der Waals surface area (Å²) in [6, 6.07) is 5.34. The molecule has 0 aliphatic heterocycles. The molecule has 1 aromatic carbocycles. The standard InChI is InChI=1S/C26H29N3O5S/c1-15(30)23-13-28-25(14-27-23)29-26(32)22(11-16-2-6-19(31)10-16)18-5-9-24(21(12-18)17-3-4-17)35(33,34)20-7-8-20/h5,9,12-14,16-17,20,22H,2-4,6-8,10-11H2,1H3,(H,28,29,32)/t16-,22?/m0/s1. The molecule has 3 aliphatic rings. The van der Waals surface area contributed by atoms with Crippen LogP contribution in [0, 0.1) is 5.92 Å².